The van der Waals surface area contributed by atoms with Gasteiger partial charge < -0.3 is 20.1 Å². The fraction of sp³-hybridized carbons (Fsp3) is 0.909. The van der Waals surface area contributed by atoms with Crippen molar-refractivity contribution < 1.29 is 14.6 Å². The number of carbonyl (C=O) groups is 1. The third kappa shape index (κ3) is 3.98. The summed E-state index contributed by atoms with van der Waals surface area (Å²) in [6, 6.07) is 0.314. The minimum Gasteiger partial charge on any atom is -0.453 e. The maximum Gasteiger partial charge on any atom is 0.409 e. The number of rotatable bonds is 4. The molecule has 1 saturated heterocycles. The van der Waals surface area contributed by atoms with Gasteiger partial charge in [0.25, 0.3) is 0 Å². The van der Waals surface area contributed by atoms with Gasteiger partial charge in [0.15, 0.2) is 0 Å². The first-order valence-electron chi connectivity index (χ1n) is 5.84. The van der Waals surface area contributed by atoms with E-state index in [9.17, 15) is 4.79 Å². The molecule has 1 amide bonds. The molecule has 16 heavy (non-hydrogen) atoms. The van der Waals surface area contributed by atoms with E-state index >= 15 is 0 Å². The van der Waals surface area contributed by atoms with Gasteiger partial charge in [-0.1, -0.05) is 6.92 Å². The molecule has 0 aromatic carbocycles. The number of aliphatic hydroxyl groups is 1. The first-order chi connectivity index (χ1) is 7.67. The smallest absolute Gasteiger partial charge is 0.409 e. The van der Waals surface area contributed by atoms with Crippen molar-refractivity contribution in [2.75, 3.05) is 33.4 Å². The lowest BCUT2D eigenvalue weighted by molar-refractivity contribution is 0.0936. The van der Waals surface area contributed by atoms with E-state index in [1.807, 2.05) is 0 Å². The number of carbonyl (C=O) groups excluding carboxylic acids is 1. The van der Waals surface area contributed by atoms with Crippen molar-refractivity contribution in [3.05, 3.63) is 0 Å². The Bertz CT molecular complexity index is 223. The molecule has 2 unspecified atom stereocenters. The molecule has 0 bridgehead atoms. The molecule has 2 atom stereocenters. The Morgan fingerprint density at radius 3 is 2.94 bits per heavy atom. The van der Waals surface area contributed by atoms with E-state index in [1.54, 1.807) is 4.90 Å². The van der Waals surface area contributed by atoms with E-state index in [2.05, 4.69) is 12.2 Å². The maximum atomic E-state index is 11.4. The minimum atomic E-state index is -0.250. The lowest BCUT2D eigenvalue weighted by atomic mass is 9.96. The molecule has 0 radical (unpaired) electrons. The van der Waals surface area contributed by atoms with Crippen LogP contribution >= 0.6 is 0 Å². The summed E-state index contributed by atoms with van der Waals surface area (Å²) in [5, 5.41) is 12.1. The normalized spacial score (nSPS) is 25.6. The second-order valence-corrected chi connectivity index (χ2v) is 4.44. The Morgan fingerprint density at radius 1 is 1.56 bits per heavy atom. The van der Waals surface area contributed by atoms with Crippen LogP contribution in [0.25, 0.3) is 0 Å². The standard InChI is InChI=1S/C11H22N2O3/c1-9-6-10(12-4-3-5-14)8-13(7-9)11(15)16-2/h9-10,12,14H,3-8H2,1-2H3. The molecule has 1 heterocycles. The fourth-order valence-electron chi connectivity index (χ4n) is 2.16. The molecule has 1 aliphatic heterocycles. The second-order valence-electron chi connectivity index (χ2n) is 4.44. The molecular weight excluding hydrogens is 208 g/mol. The highest BCUT2D eigenvalue weighted by molar-refractivity contribution is 5.67. The number of hydrogen-bond acceptors (Lipinski definition) is 4. The molecule has 94 valence electrons. The van der Waals surface area contributed by atoms with Gasteiger partial charge in [-0.25, -0.2) is 4.79 Å². The average Bonchev–Trinajstić information content (AvgIpc) is 2.27. The zero-order valence-corrected chi connectivity index (χ0v) is 10.1. The molecule has 0 aromatic heterocycles. The van der Waals surface area contributed by atoms with E-state index in [-0.39, 0.29) is 12.7 Å². The van der Waals surface area contributed by atoms with Crippen molar-refractivity contribution in [3.63, 3.8) is 0 Å². The van der Waals surface area contributed by atoms with Gasteiger partial charge in [-0.05, 0) is 25.3 Å². The summed E-state index contributed by atoms with van der Waals surface area (Å²) >= 11 is 0. The van der Waals surface area contributed by atoms with E-state index < -0.39 is 0 Å². The molecule has 5 nitrogen and oxygen atoms in total. The lowest BCUT2D eigenvalue weighted by Gasteiger charge is -2.36. The van der Waals surface area contributed by atoms with Gasteiger partial charge in [-0.2, -0.15) is 0 Å². The Hall–Kier alpha value is -0.810. The molecule has 1 rings (SSSR count). The predicted molar refractivity (Wildman–Crippen MR) is 61.3 cm³/mol. The van der Waals surface area contributed by atoms with E-state index in [0.717, 1.165) is 25.9 Å². The summed E-state index contributed by atoms with van der Waals surface area (Å²) in [5.74, 6) is 0.486. The number of hydrogen-bond donors (Lipinski definition) is 2. The van der Waals surface area contributed by atoms with Crippen molar-refractivity contribution in [2.24, 2.45) is 5.92 Å². The summed E-state index contributed by atoms with van der Waals surface area (Å²) in [6.45, 7) is 4.60. The summed E-state index contributed by atoms with van der Waals surface area (Å²) in [7, 11) is 1.41. The molecule has 0 aliphatic carbocycles. The molecule has 1 fully saturated rings. The highest BCUT2D eigenvalue weighted by Gasteiger charge is 2.27. The SMILES string of the molecule is COC(=O)N1CC(C)CC(NCCCO)C1. The fourth-order valence-corrected chi connectivity index (χ4v) is 2.16. The van der Waals surface area contributed by atoms with Crippen LogP contribution in [0, 0.1) is 5.92 Å². The van der Waals surface area contributed by atoms with Crippen molar-refractivity contribution in [1.82, 2.24) is 10.2 Å². The molecule has 2 N–H and O–H groups in total. The zero-order valence-electron chi connectivity index (χ0n) is 10.1. The third-order valence-electron chi connectivity index (χ3n) is 2.86. The van der Waals surface area contributed by atoms with E-state index in [4.69, 9.17) is 9.84 Å². The molecule has 0 saturated carbocycles. The van der Waals surface area contributed by atoms with Gasteiger partial charge >= 0.3 is 6.09 Å². The number of nitrogens with zero attached hydrogens (tertiary/aromatic N) is 1. The number of nitrogens with one attached hydrogen (secondary N) is 1. The molecule has 5 heteroatoms. The quantitative estimate of drug-likeness (QED) is 0.688. The van der Waals surface area contributed by atoms with Gasteiger partial charge in [-0.15, -0.1) is 0 Å². The number of piperidine rings is 1. The molecular formula is C11H22N2O3. The zero-order chi connectivity index (χ0) is 12.0. The number of methoxy groups -OCH3 is 1. The summed E-state index contributed by atoms with van der Waals surface area (Å²) < 4.78 is 4.73. The van der Waals surface area contributed by atoms with Gasteiger partial charge in [0.05, 0.1) is 7.11 Å². The first-order valence-corrected chi connectivity index (χ1v) is 5.84. The molecule has 1 aliphatic rings. The molecule has 0 spiro atoms. The van der Waals surface area contributed by atoms with Crippen LogP contribution in [0.1, 0.15) is 19.8 Å². The van der Waals surface area contributed by atoms with Crippen LogP contribution in [0.5, 0.6) is 0 Å². The largest absolute Gasteiger partial charge is 0.453 e. The summed E-state index contributed by atoms with van der Waals surface area (Å²) in [6.07, 6.45) is 1.57. The summed E-state index contributed by atoms with van der Waals surface area (Å²) in [5.41, 5.74) is 0. The Labute approximate surface area is 96.8 Å². The Balaban J connectivity index is 2.38. The minimum absolute atomic E-state index is 0.204. The van der Waals surface area contributed by atoms with Crippen LogP contribution < -0.4 is 5.32 Å². The second kappa shape index (κ2) is 6.70. The predicted octanol–water partition coefficient (Wildman–Crippen LogP) is 0.435. The van der Waals surface area contributed by atoms with Crippen molar-refractivity contribution in [3.8, 4) is 0 Å². The molecule has 0 aromatic rings. The number of ether oxygens (including phenoxy) is 1. The third-order valence-corrected chi connectivity index (χ3v) is 2.86. The maximum absolute atomic E-state index is 11.4. The van der Waals surface area contributed by atoms with Crippen LogP contribution in [0.2, 0.25) is 0 Å². The van der Waals surface area contributed by atoms with Crippen LogP contribution in [0.3, 0.4) is 0 Å². The van der Waals surface area contributed by atoms with Crippen LogP contribution in [0.15, 0.2) is 0 Å². The van der Waals surface area contributed by atoms with Crippen LogP contribution in [-0.4, -0.2) is 55.5 Å². The number of amides is 1. The van der Waals surface area contributed by atoms with Crippen molar-refractivity contribution in [1.29, 1.82) is 0 Å². The van der Waals surface area contributed by atoms with Crippen molar-refractivity contribution in [2.45, 2.75) is 25.8 Å². The van der Waals surface area contributed by atoms with Gasteiger partial charge in [0, 0.05) is 25.7 Å². The topological polar surface area (TPSA) is 61.8 Å². The van der Waals surface area contributed by atoms with Crippen LogP contribution in [-0.2, 0) is 4.74 Å². The van der Waals surface area contributed by atoms with E-state index in [0.29, 0.717) is 18.5 Å². The van der Waals surface area contributed by atoms with Gasteiger partial charge in [0.1, 0.15) is 0 Å². The van der Waals surface area contributed by atoms with Gasteiger partial charge in [-0.3, -0.25) is 0 Å². The highest BCUT2D eigenvalue weighted by atomic mass is 16.5. The van der Waals surface area contributed by atoms with E-state index in [1.165, 1.54) is 7.11 Å². The monoisotopic (exact) mass is 230 g/mol. The Morgan fingerprint density at radius 2 is 2.31 bits per heavy atom. The van der Waals surface area contributed by atoms with Crippen LogP contribution in [0.4, 0.5) is 4.79 Å². The average molecular weight is 230 g/mol. The highest BCUT2D eigenvalue weighted by Crippen LogP contribution is 2.16. The summed E-state index contributed by atoms with van der Waals surface area (Å²) in [4.78, 5) is 13.2. The lowest BCUT2D eigenvalue weighted by Crippen LogP contribution is -2.51. The number of aliphatic hydroxyl groups excluding tert-OH is 1. The Kier molecular flexibility index (Phi) is 5.55. The number of likely N-dealkylation sites (tertiary alicyclic amines) is 1. The first kappa shape index (κ1) is 13.3. The van der Waals surface area contributed by atoms with Gasteiger partial charge in [0.2, 0.25) is 0 Å². The van der Waals surface area contributed by atoms with Crippen molar-refractivity contribution >= 4 is 6.09 Å².